The largest absolute Gasteiger partial charge is 0.461 e. The Balaban J connectivity index is 2.29. The van der Waals surface area contributed by atoms with E-state index in [-0.39, 0.29) is 24.1 Å². The molecule has 0 aromatic heterocycles. The van der Waals surface area contributed by atoms with Gasteiger partial charge in [0, 0.05) is 24.7 Å². The minimum Gasteiger partial charge on any atom is -0.428 e. The first-order valence-corrected chi connectivity index (χ1v) is 10.2. The zero-order valence-corrected chi connectivity index (χ0v) is 17.4. The Kier molecular flexibility index (Phi) is 8.61. The summed E-state index contributed by atoms with van der Waals surface area (Å²) in [5.41, 5.74) is 0.0452. The molecule has 1 N–H and O–H groups in total. The lowest BCUT2D eigenvalue weighted by atomic mass is 9.78. The number of aliphatic hydroxyl groups is 1. The van der Waals surface area contributed by atoms with Crippen molar-refractivity contribution in [1.82, 2.24) is 4.90 Å². The van der Waals surface area contributed by atoms with E-state index in [0.29, 0.717) is 18.8 Å². The van der Waals surface area contributed by atoms with Crippen LogP contribution in [0.15, 0.2) is 24.3 Å². The van der Waals surface area contributed by atoms with Crippen molar-refractivity contribution in [2.75, 3.05) is 6.54 Å². The molecule has 3 atom stereocenters. The maximum Gasteiger partial charge on any atom is 0.461 e. The smallest absolute Gasteiger partial charge is 0.428 e. The second kappa shape index (κ2) is 10.4. The van der Waals surface area contributed by atoms with E-state index in [2.05, 4.69) is 4.74 Å². The summed E-state index contributed by atoms with van der Waals surface area (Å²) in [6.07, 6.45) is -13.4. The van der Waals surface area contributed by atoms with Crippen molar-refractivity contribution in [2.24, 2.45) is 11.8 Å². The molecule has 0 spiro atoms. The van der Waals surface area contributed by atoms with Crippen LogP contribution in [0, 0.1) is 11.8 Å². The molecule has 178 valence electrons. The number of alkyl halides is 7. The van der Waals surface area contributed by atoms with Gasteiger partial charge in [0.25, 0.3) is 0 Å². The van der Waals surface area contributed by atoms with E-state index in [4.69, 9.17) is 0 Å². The van der Waals surface area contributed by atoms with Crippen molar-refractivity contribution in [2.45, 2.75) is 76.9 Å². The molecule has 1 fully saturated rings. The predicted molar refractivity (Wildman–Crippen MR) is 101 cm³/mol. The quantitative estimate of drug-likeness (QED) is 0.470. The molecule has 0 heterocycles. The minimum atomic E-state index is -4.84. The average molecular weight is 459 g/mol. The van der Waals surface area contributed by atoms with Crippen LogP contribution in [0.1, 0.15) is 45.1 Å². The third kappa shape index (κ3) is 7.24. The lowest BCUT2D eigenvalue weighted by Gasteiger charge is -2.40. The predicted octanol–water partition coefficient (Wildman–Crippen LogP) is 5.86. The fourth-order valence-electron chi connectivity index (χ4n) is 3.95. The van der Waals surface area contributed by atoms with Crippen LogP contribution in [-0.4, -0.2) is 47.4 Å². The van der Waals surface area contributed by atoms with Crippen LogP contribution < -0.4 is 4.74 Å². The van der Waals surface area contributed by atoms with Gasteiger partial charge in [-0.05, 0) is 30.7 Å². The SMILES string of the molecule is CC(C)C1CCCC(N(Cc2ccccc2OC(F)(F)C(F)F)CC(O)C(F)(F)F)C1. The summed E-state index contributed by atoms with van der Waals surface area (Å²) in [6, 6.07) is 4.86. The Bertz CT molecular complexity index is 697. The van der Waals surface area contributed by atoms with Crippen molar-refractivity contribution in [3.05, 3.63) is 29.8 Å². The summed E-state index contributed by atoms with van der Waals surface area (Å²) in [5.74, 6) is 0.0620. The highest BCUT2D eigenvalue weighted by Gasteiger charge is 2.45. The first kappa shape index (κ1) is 25.7. The second-order valence-electron chi connectivity index (χ2n) is 8.38. The van der Waals surface area contributed by atoms with Crippen LogP contribution in [0.3, 0.4) is 0 Å². The zero-order valence-electron chi connectivity index (χ0n) is 17.4. The van der Waals surface area contributed by atoms with Crippen LogP contribution >= 0.6 is 0 Å². The molecule has 3 nitrogen and oxygen atoms in total. The molecule has 1 aromatic carbocycles. The van der Waals surface area contributed by atoms with Crippen LogP contribution in [0.5, 0.6) is 5.75 Å². The highest BCUT2D eigenvalue weighted by molar-refractivity contribution is 5.33. The number of para-hydroxylation sites is 1. The summed E-state index contributed by atoms with van der Waals surface area (Å²) < 4.78 is 95.3. The second-order valence-corrected chi connectivity index (χ2v) is 8.38. The summed E-state index contributed by atoms with van der Waals surface area (Å²) in [4.78, 5) is 1.40. The summed E-state index contributed by atoms with van der Waals surface area (Å²) in [6.45, 7) is 3.05. The van der Waals surface area contributed by atoms with E-state index in [1.54, 1.807) is 0 Å². The van der Waals surface area contributed by atoms with Crippen molar-refractivity contribution in [3.63, 3.8) is 0 Å². The van der Waals surface area contributed by atoms with Gasteiger partial charge in [0.05, 0.1) is 0 Å². The van der Waals surface area contributed by atoms with Gasteiger partial charge in [-0.25, -0.2) is 0 Å². The van der Waals surface area contributed by atoms with Gasteiger partial charge in [0.2, 0.25) is 0 Å². The Morgan fingerprint density at radius 2 is 1.74 bits per heavy atom. The van der Waals surface area contributed by atoms with Gasteiger partial charge < -0.3 is 9.84 Å². The molecule has 3 unspecified atom stereocenters. The first-order chi connectivity index (χ1) is 14.3. The third-order valence-corrected chi connectivity index (χ3v) is 5.78. The number of hydrogen-bond donors (Lipinski definition) is 1. The van der Waals surface area contributed by atoms with Crippen LogP contribution in [-0.2, 0) is 6.54 Å². The van der Waals surface area contributed by atoms with Crippen molar-refractivity contribution >= 4 is 0 Å². The molecule has 1 aromatic rings. The Labute approximate surface area is 177 Å². The molecule has 2 rings (SSSR count). The van der Waals surface area contributed by atoms with E-state index in [1.165, 1.54) is 23.1 Å². The minimum absolute atomic E-state index is 0.0452. The highest BCUT2D eigenvalue weighted by atomic mass is 19.4. The monoisotopic (exact) mass is 459 g/mol. The van der Waals surface area contributed by atoms with E-state index >= 15 is 0 Å². The van der Waals surface area contributed by atoms with Crippen LogP contribution in [0.2, 0.25) is 0 Å². The molecular weight excluding hydrogens is 431 g/mol. The van der Waals surface area contributed by atoms with Crippen molar-refractivity contribution in [1.29, 1.82) is 0 Å². The fourth-order valence-corrected chi connectivity index (χ4v) is 3.95. The fraction of sp³-hybridized carbons (Fsp3) is 0.714. The van der Waals surface area contributed by atoms with Gasteiger partial charge in [-0.2, -0.15) is 30.7 Å². The number of benzene rings is 1. The van der Waals surface area contributed by atoms with E-state index in [1.807, 2.05) is 13.8 Å². The maximum atomic E-state index is 13.4. The Morgan fingerprint density at radius 3 is 2.32 bits per heavy atom. The van der Waals surface area contributed by atoms with Crippen molar-refractivity contribution < 1.29 is 40.6 Å². The first-order valence-electron chi connectivity index (χ1n) is 10.2. The molecule has 0 saturated heterocycles. The third-order valence-electron chi connectivity index (χ3n) is 5.78. The molecule has 1 aliphatic carbocycles. The molecule has 1 saturated carbocycles. The number of aliphatic hydroxyl groups excluding tert-OH is 1. The number of ether oxygens (including phenoxy) is 1. The number of rotatable bonds is 9. The molecule has 0 bridgehead atoms. The normalized spacial score (nSPS) is 21.7. The van der Waals surface area contributed by atoms with Gasteiger partial charge in [-0.3, -0.25) is 4.90 Å². The number of halogens is 7. The van der Waals surface area contributed by atoms with Gasteiger partial charge >= 0.3 is 18.7 Å². The van der Waals surface area contributed by atoms with E-state index in [9.17, 15) is 35.8 Å². The zero-order chi connectivity index (χ0) is 23.4. The lowest BCUT2D eigenvalue weighted by molar-refractivity contribution is -0.253. The lowest BCUT2D eigenvalue weighted by Crippen LogP contribution is -2.47. The van der Waals surface area contributed by atoms with Gasteiger partial charge in [0.15, 0.2) is 6.10 Å². The molecule has 0 aliphatic heterocycles. The van der Waals surface area contributed by atoms with Gasteiger partial charge in [0.1, 0.15) is 5.75 Å². The topological polar surface area (TPSA) is 32.7 Å². The van der Waals surface area contributed by atoms with Crippen molar-refractivity contribution in [3.8, 4) is 5.75 Å². The summed E-state index contributed by atoms with van der Waals surface area (Å²) >= 11 is 0. The van der Waals surface area contributed by atoms with Crippen LogP contribution in [0.25, 0.3) is 0 Å². The molecule has 10 heteroatoms. The van der Waals surface area contributed by atoms with Crippen LogP contribution in [0.4, 0.5) is 30.7 Å². The standard InChI is InChI=1S/C21H28F7NO2/c1-13(2)14-7-5-8-16(10-14)29(12-18(30)20(24,25)26)11-15-6-3-4-9-17(15)31-21(27,28)19(22)23/h3-4,6,9,13-14,16,18-19,30H,5,7-8,10-12H2,1-2H3. The maximum absolute atomic E-state index is 13.4. The summed E-state index contributed by atoms with van der Waals surface area (Å²) in [7, 11) is 0. The average Bonchev–Trinajstić information content (AvgIpc) is 2.67. The molecular formula is C21H28F7NO2. The Hall–Kier alpha value is -1.55. The highest BCUT2D eigenvalue weighted by Crippen LogP contribution is 2.36. The molecule has 0 amide bonds. The molecule has 31 heavy (non-hydrogen) atoms. The number of nitrogens with zero attached hydrogens (tertiary/aromatic N) is 1. The molecule has 1 aliphatic rings. The van der Waals surface area contributed by atoms with E-state index in [0.717, 1.165) is 18.9 Å². The summed E-state index contributed by atoms with van der Waals surface area (Å²) in [5, 5.41) is 9.65. The van der Waals surface area contributed by atoms with Gasteiger partial charge in [-0.15, -0.1) is 0 Å². The Morgan fingerprint density at radius 1 is 1.10 bits per heavy atom. The number of hydrogen-bond acceptors (Lipinski definition) is 3. The molecule has 0 radical (unpaired) electrons. The van der Waals surface area contributed by atoms with Gasteiger partial charge in [-0.1, -0.05) is 44.9 Å². The van der Waals surface area contributed by atoms with E-state index < -0.39 is 37.1 Å².